The Hall–Kier alpha value is 0.190. The van der Waals surface area contributed by atoms with E-state index in [-0.39, 0.29) is 12.6 Å². The van der Waals surface area contributed by atoms with E-state index in [9.17, 15) is 4.55 Å². The predicted octanol–water partition coefficient (Wildman–Crippen LogP) is -1.62. The summed E-state index contributed by atoms with van der Waals surface area (Å²) in [5.41, 5.74) is 0. The highest BCUT2D eigenvalue weighted by molar-refractivity contribution is 7.91. The number of aliphatic hydroxyl groups excluding tert-OH is 1. The van der Waals surface area contributed by atoms with E-state index in [0.717, 1.165) is 31.1 Å². The number of aliphatic hydroxyl groups is 1. The van der Waals surface area contributed by atoms with Crippen LogP contribution < -0.4 is 5.32 Å². The summed E-state index contributed by atoms with van der Waals surface area (Å²) >= 11 is -0.616. The lowest BCUT2D eigenvalue weighted by Crippen LogP contribution is -2.62. The van der Waals surface area contributed by atoms with Gasteiger partial charge in [0.1, 0.15) is 11.5 Å². The zero-order chi connectivity index (χ0) is 9.26. The lowest BCUT2D eigenvalue weighted by molar-refractivity contribution is 0.111. The zero-order valence-electron chi connectivity index (χ0n) is 7.61. The van der Waals surface area contributed by atoms with Crippen molar-refractivity contribution >= 4 is 11.2 Å². The molecule has 0 aromatic heterocycles. The van der Waals surface area contributed by atoms with E-state index in [1.54, 1.807) is 0 Å². The van der Waals surface area contributed by atoms with Crippen molar-refractivity contribution < 1.29 is 9.66 Å². The Kier molecular flexibility index (Phi) is 3.10. The van der Waals surface area contributed by atoms with Gasteiger partial charge < -0.3 is 15.0 Å². The molecule has 0 aliphatic carbocycles. The molecule has 2 unspecified atom stereocenters. The molecular weight excluding hydrogens is 188 g/mol. The van der Waals surface area contributed by atoms with Crippen LogP contribution in [0, 0.1) is 0 Å². The third-order valence-corrected chi connectivity index (χ3v) is 4.21. The summed E-state index contributed by atoms with van der Waals surface area (Å²) in [4.78, 5) is 2.35. The summed E-state index contributed by atoms with van der Waals surface area (Å²) in [6, 6.07) is 0.639. The molecule has 2 aliphatic heterocycles. The van der Waals surface area contributed by atoms with Crippen LogP contribution in [0.5, 0.6) is 0 Å². The summed E-state index contributed by atoms with van der Waals surface area (Å²) in [6.07, 6.45) is 0. The molecule has 2 saturated heterocycles. The van der Waals surface area contributed by atoms with Crippen molar-refractivity contribution in [1.29, 1.82) is 0 Å². The van der Waals surface area contributed by atoms with Gasteiger partial charge in [-0.1, -0.05) is 11.2 Å². The predicted molar refractivity (Wildman–Crippen MR) is 52.1 cm³/mol. The molecule has 13 heavy (non-hydrogen) atoms. The largest absolute Gasteiger partial charge is 0.616 e. The molecule has 2 aliphatic rings. The first kappa shape index (κ1) is 9.73. The normalized spacial score (nSPS) is 41.5. The van der Waals surface area contributed by atoms with Crippen LogP contribution in [0.2, 0.25) is 0 Å². The molecule has 3 atom stereocenters. The summed E-state index contributed by atoms with van der Waals surface area (Å²) in [5.74, 6) is 1.60. The van der Waals surface area contributed by atoms with Gasteiger partial charge in [0, 0.05) is 25.7 Å². The maximum Gasteiger partial charge on any atom is 0.122 e. The number of nitrogens with one attached hydrogen (secondary N) is 1. The van der Waals surface area contributed by atoms with Crippen LogP contribution in [0.1, 0.15) is 0 Å². The van der Waals surface area contributed by atoms with Crippen LogP contribution in [0.3, 0.4) is 0 Å². The Bertz CT molecular complexity index is 182. The maximum absolute atomic E-state index is 11.3. The van der Waals surface area contributed by atoms with Crippen molar-refractivity contribution in [3.8, 4) is 0 Å². The van der Waals surface area contributed by atoms with Crippen LogP contribution in [0.4, 0.5) is 0 Å². The highest BCUT2D eigenvalue weighted by Gasteiger charge is 2.34. The van der Waals surface area contributed by atoms with Gasteiger partial charge in [0.05, 0.1) is 12.6 Å². The molecule has 4 nitrogen and oxygen atoms in total. The highest BCUT2D eigenvalue weighted by atomic mass is 32.2. The van der Waals surface area contributed by atoms with Gasteiger partial charge in [-0.05, 0) is 0 Å². The van der Waals surface area contributed by atoms with Crippen LogP contribution >= 0.6 is 0 Å². The van der Waals surface area contributed by atoms with Crippen LogP contribution in [-0.4, -0.2) is 64.4 Å². The molecule has 0 aromatic carbocycles. The van der Waals surface area contributed by atoms with Crippen LogP contribution in [-0.2, 0) is 11.2 Å². The van der Waals surface area contributed by atoms with E-state index in [2.05, 4.69) is 10.2 Å². The molecule has 0 aromatic rings. The minimum Gasteiger partial charge on any atom is -0.616 e. The van der Waals surface area contributed by atoms with Crippen molar-refractivity contribution in [2.75, 3.05) is 37.7 Å². The molecule has 76 valence electrons. The van der Waals surface area contributed by atoms with Gasteiger partial charge in [0.25, 0.3) is 0 Å². The average Bonchev–Trinajstić information content (AvgIpc) is 2.17. The lowest BCUT2D eigenvalue weighted by Gasteiger charge is -2.42. The van der Waals surface area contributed by atoms with Gasteiger partial charge in [-0.15, -0.1) is 0 Å². The fraction of sp³-hybridized carbons (Fsp3) is 1.00. The lowest BCUT2D eigenvalue weighted by atomic mass is 10.1. The van der Waals surface area contributed by atoms with Crippen LogP contribution in [0.15, 0.2) is 0 Å². The third kappa shape index (κ3) is 2.16. The van der Waals surface area contributed by atoms with E-state index in [0.29, 0.717) is 6.04 Å². The minimum atomic E-state index is -0.616. The molecule has 2 rings (SSSR count). The summed E-state index contributed by atoms with van der Waals surface area (Å²) in [6.45, 7) is 2.90. The quantitative estimate of drug-likeness (QED) is 0.504. The monoisotopic (exact) mass is 204 g/mol. The molecule has 0 saturated carbocycles. The second-order valence-electron chi connectivity index (χ2n) is 3.75. The van der Waals surface area contributed by atoms with Gasteiger partial charge in [-0.3, -0.25) is 4.90 Å². The first-order chi connectivity index (χ1) is 6.29. The molecule has 0 spiro atoms. The van der Waals surface area contributed by atoms with E-state index >= 15 is 0 Å². The molecular formula is C8H16N2O2S. The fourth-order valence-corrected chi connectivity index (χ4v) is 3.37. The number of fused-ring (bicyclic) bond motifs is 1. The molecule has 0 amide bonds. The first-order valence-electron chi connectivity index (χ1n) is 4.73. The smallest absolute Gasteiger partial charge is 0.122 e. The standard InChI is InChI=1S/C8H16N2O2S/c11-5-7-4-10-1-2-13(12)6-8(10)3-9-7/h7-9,11H,1-6H2/t7-,8?,13?/m0/s1. The van der Waals surface area contributed by atoms with E-state index < -0.39 is 11.2 Å². The van der Waals surface area contributed by atoms with Gasteiger partial charge in [0.2, 0.25) is 0 Å². The molecule has 2 heterocycles. The summed E-state index contributed by atoms with van der Waals surface area (Å²) < 4.78 is 11.3. The molecule has 5 heteroatoms. The van der Waals surface area contributed by atoms with Gasteiger partial charge >= 0.3 is 0 Å². The Balaban J connectivity index is 1.90. The Morgan fingerprint density at radius 1 is 1.62 bits per heavy atom. The number of hydrogen-bond acceptors (Lipinski definition) is 4. The molecule has 0 radical (unpaired) electrons. The van der Waals surface area contributed by atoms with Crippen molar-refractivity contribution in [3.63, 3.8) is 0 Å². The Labute approximate surface area is 81.5 Å². The van der Waals surface area contributed by atoms with Gasteiger partial charge in [0.15, 0.2) is 0 Å². The number of piperazine rings is 1. The third-order valence-electron chi connectivity index (χ3n) is 2.82. The minimum absolute atomic E-state index is 0.201. The number of rotatable bonds is 1. The Morgan fingerprint density at radius 2 is 2.46 bits per heavy atom. The van der Waals surface area contributed by atoms with E-state index in [1.165, 1.54) is 0 Å². The van der Waals surface area contributed by atoms with E-state index in [1.807, 2.05) is 0 Å². The van der Waals surface area contributed by atoms with Crippen molar-refractivity contribution in [2.24, 2.45) is 0 Å². The highest BCUT2D eigenvalue weighted by Crippen LogP contribution is 2.14. The average molecular weight is 204 g/mol. The number of hydrogen-bond donors (Lipinski definition) is 2. The first-order valence-corrected chi connectivity index (χ1v) is 6.21. The fourth-order valence-electron chi connectivity index (χ4n) is 2.01. The zero-order valence-corrected chi connectivity index (χ0v) is 8.42. The van der Waals surface area contributed by atoms with Gasteiger partial charge in [-0.2, -0.15) is 0 Å². The SMILES string of the molecule is [O-][S+]1CCN2C[C@@H](CO)NCC2C1. The molecule has 2 fully saturated rings. The van der Waals surface area contributed by atoms with Crippen molar-refractivity contribution in [2.45, 2.75) is 12.1 Å². The molecule has 0 bridgehead atoms. The molecule has 2 N–H and O–H groups in total. The number of nitrogens with zero attached hydrogens (tertiary/aromatic N) is 1. The topological polar surface area (TPSA) is 58.6 Å². The Morgan fingerprint density at radius 3 is 3.23 bits per heavy atom. The van der Waals surface area contributed by atoms with E-state index in [4.69, 9.17) is 5.11 Å². The summed E-state index contributed by atoms with van der Waals surface area (Å²) in [7, 11) is 0. The van der Waals surface area contributed by atoms with Gasteiger partial charge in [-0.25, -0.2) is 0 Å². The van der Waals surface area contributed by atoms with Crippen molar-refractivity contribution in [1.82, 2.24) is 10.2 Å². The van der Waals surface area contributed by atoms with Crippen molar-refractivity contribution in [3.05, 3.63) is 0 Å². The second kappa shape index (κ2) is 4.14. The van der Waals surface area contributed by atoms with Crippen LogP contribution in [0.25, 0.3) is 0 Å². The second-order valence-corrected chi connectivity index (χ2v) is 5.37. The summed E-state index contributed by atoms with van der Waals surface area (Å²) in [5, 5.41) is 12.2. The maximum atomic E-state index is 11.3.